The lowest BCUT2D eigenvalue weighted by molar-refractivity contribution is -0.00183. The Labute approximate surface area is 107 Å². The molecule has 0 unspecified atom stereocenters. The number of aromatic nitrogens is 2. The summed E-state index contributed by atoms with van der Waals surface area (Å²) in [6.07, 6.45) is 5.70. The van der Waals surface area contributed by atoms with Gasteiger partial charge in [-0.3, -0.25) is 0 Å². The molecule has 1 heterocycles. The van der Waals surface area contributed by atoms with Gasteiger partial charge in [0.2, 0.25) is 0 Å². The number of aromatic amines is 1. The number of imidazole rings is 1. The normalized spacial score (nSPS) is 29.3. The molecule has 1 aromatic heterocycles. The second-order valence-electron chi connectivity index (χ2n) is 5.15. The fourth-order valence-corrected chi connectivity index (χ4v) is 3.20. The molecule has 0 spiro atoms. The van der Waals surface area contributed by atoms with Crippen LogP contribution in [0.25, 0.3) is 0 Å². The van der Waals surface area contributed by atoms with Crippen LogP contribution < -0.4 is 4.72 Å². The highest BCUT2D eigenvalue weighted by atomic mass is 32.2. The SMILES string of the molecule is CC1CCC(O)(CNS(=O)(=O)c2cnc[nH]2)CC1. The second-order valence-corrected chi connectivity index (χ2v) is 6.88. The zero-order valence-electron chi connectivity index (χ0n) is 10.4. The van der Waals surface area contributed by atoms with Gasteiger partial charge in [0.25, 0.3) is 10.0 Å². The number of sulfonamides is 1. The zero-order chi connectivity index (χ0) is 13.2. The van der Waals surface area contributed by atoms with Crippen molar-refractivity contribution in [3.05, 3.63) is 12.5 Å². The van der Waals surface area contributed by atoms with Gasteiger partial charge < -0.3 is 10.1 Å². The first kappa shape index (κ1) is 13.5. The smallest absolute Gasteiger partial charge is 0.257 e. The highest BCUT2D eigenvalue weighted by molar-refractivity contribution is 7.89. The van der Waals surface area contributed by atoms with Crippen LogP contribution in [-0.4, -0.2) is 35.6 Å². The first-order chi connectivity index (χ1) is 8.41. The minimum atomic E-state index is -3.60. The van der Waals surface area contributed by atoms with Crippen LogP contribution in [0.3, 0.4) is 0 Å². The number of nitrogens with zero attached hydrogens (tertiary/aromatic N) is 1. The van der Waals surface area contributed by atoms with Crippen molar-refractivity contribution in [3.63, 3.8) is 0 Å². The van der Waals surface area contributed by atoms with Gasteiger partial charge in [-0.25, -0.2) is 18.1 Å². The van der Waals surface area contributed by atoms with Gasteiger partial charge in [-0.1, -0.05) is 6.92 Å². The van der Waals surface area contributed by atoms with Gasteiger partial charge in [0, 0.05) is 6.54 Å². The van der Waals surface area contributed by atoms with Crippen LogP contribution >= 0.6 is 0 Å². The van der Waals surface area contributed by atoms with Crippen LogP contribution in [0.15, 0.2) is 17.6 Å². The maximum Gasteiger partial charge on any atom is 0.257 e. The third kappa shape index (κ3) is 3.09. The van der Waals surface area contributed by atoms with E-state index in [-0.39, 0.29) is 11.6 Å². The quantitative estimate of drug-likeness (QED) is 0.750. The summed E-state index contributed by atoms with van der Waals surface area (Å²) in [5.41, 5.74) is -0.917. The van der Waals surface area contributed by atoms with E-state index in [1.807, 2.05) is 0 Å². The van der Waals surface area contributed by atoms with E-state index in [1.54, 1.807) is 0 Å². The molecule has 1 aromatic rings. The predicted molar refractivity (Wildman–Crippen MR) is 66.4 cm³/mol. The summed E-state index contributed by atoms with van der Waals surface area (Å²) in [5, 5.41) is 10.3. The van der Waals surface area contributed by atoms with Crippen molar-refractivity contribution in [1.29, 1.82) is 0 Å². The Hall–Kier alpha value is -0.920. The summed E-state index contributed by atoms with van der Waals surface area (Å²) in [6.45, 7) is 2.20. The van der Waals surface area contributed by atoms with E-state index in [0.717, 1.165) is 12.8 Å². The first-order valence-corrected chi connectivity index (χ1v) is 7.60. The first-order valence-electron chi connectivity index (χ1n) is 6.12. The molecule has 0 amide bonds. The summed E-state index contributed by atoms with van der Waals surface area (Å²) in [7, 11) is -3.60. The molecule has 0 saturated heterocycles. The minimum Gasteiger partial charge on any atom is -0.389 e. The Morgan fingerprint density at radius 1 is 1.56 bits per heavy atom. The van der Waals surface area contributed by atoms with Crippen LogP contribution in [0.5, 0.6) is 0 Å². The Balaban J connectivity index is 1.96. The lowest BCUT2D eigenvalue weighted by Crippen LogP contribution is -2.45. The second kappa shape index (κ2) is 4.99. The van der Waals surface area contributed by atoms with E-state index in [4.69, 9.17) is 0 Å². The Morgan fingerprint density at radius 3 is 2.78 bits per heavy atom. The van der Waals surface area contributed by atoms with Gasteiger partial charge in [-0.15, -0.1) is 0 Å². The molecule has 0 aromatic carbocycles. The highest BCUT2D eigenvalue weighted by Crippen LogP contribution is 2.31. The van der Waals surface area contributed by atoms with Crippen molar-refractivity contribution in [1.82, 2.24) is 14.7 Å². The molecule has 1 fully saturated rings. The van der Waals surface area contributed by atoms with Crippen molar-refractivity contribution in [2.45, 2.75) is 43.2 Å². The average Bonchev–Trinajstić information content (AvgIpc) is 2.86. The fourth-order valence-electron chi connectivity index (χ4n) is 2.17. The Kier molecular flexibility index (Phi) is 3.74. The topological polar surface area (TPSA) is 95.1 Å². The molecule has 18 heavy (non-hydrogen) atoms. The third-order valence-electron chi connectivity index (χ3n) is 3.56. The zero-order valence-corrected chi connectivity index (χ0v) is 11.2. The van der Waals surface area contributed by atoms with Crippen LogP contribution in [0, 0.1) is 5.92 Å². The van der Waals surface area contributed by atoms with Gasteiger partial charge in [-0.05, 0) is 31.6 Å². The van der Waals surface area contributed by atoms with Crippen molar-refractivity contribution >= 4 is 10.0 Å². The van der Waals surface area contributed by atoms with E-state index in [1.165, 1.54) is 12.5 Å². The van der Waals surface area contributed by atoms with Gasteiger partial charge in [0.1, 0.15) is 0 Å². The molecule has 0 atom stereocenters. The Bertz CT molecular complexity index is 476. The van der Waals surface area contributed by atoms with E-state index in [2.05, 4.69) is 21.6 Å². The van der Waals surface area contributed by atoms with Gasteiger partial charge in [0.15, 0.2) is 5.03 Å². The molecule has 1 aliphatic rings. The maximum atomic E-state index is 11.8. The molecular formula is C11H19N3O3S. The summed E-state index contributed by atoms with van der Waals surface area (Å²) < 4.78 is 26.1. The number of H-pyrrole nitrogens is 1. The molecule has 0 bridgehead atoms. The summed E-state index contributed by atoms with van der Waals surface area (Å²) in [5.74, 6) is 0.606. The van der Waals surface area contributed by atoms with Crippen LogP contribution in [0.1, 0.15) is 32.6 Å². The third-order valence-corrected chi connectivity index (χ3v) is 4.89. The predicted octanol–water partition coefficient (Wildman–Crippen LogP) is 0.629. The summed E-state index contributed by atoms with van der Waals surface area (Å²) in [4.78, 5) is 6.21. The summed E-state index contributed by atoms with van der Waals surface area (Å²) in [6, 6.07) is 0. The molecule has 102 valence electrons. The standard InChI is InChI=1S/C11H19N3O3S/c1-9-2-4-11(15,5-3-9)7-14-18(16,17)10-6-12-8-13-10/h6,8-9,14-15H,2-5,7H2,1H3,(H,12,13). The molecule has 2 rings (SSSR count). The van der Waals surface area contributed by atoms with Crippen LogP contribution in [-0.2, 0) is 10.0 Å². The number of hydrogen-bond acceptors (Lipinski definition) is 4. The van der Waals surface area contributed by atoms with Crippen LogP contribution in [0.2, 0.25) is 0 Å². The number of aliphatic hydroxyl groups is 1. The summed E-state index contributed by atoms with van der Waals surface area (Å²) >= 11 is 0. The molecule has 7 heteroatoms. The van der Waals surface area contributed by atoms with Crippen molar-refractivity contribution in [3.8, 4) is 0 Å². The number of hydrogen-bond donors (Lipinski definition) is 3. The largest absolute Gasteiger partial charge is 0.389 e. The molecule has 0 aliphatic heterocycles. The monoisotopic (exact) mass is 273 g/mol. The molecule has 3 N–H and O–H groups in total. The lowest BCUT2D eigenvalue weighted by atomic mass is 9.80. The molecule has 1 saturated carbocycles. The highest BCUT2D eigenvalue weighted by Gasteiger charge is 2.33. The van der Waals surface area contributed by atoms with Gasteiger partial charge >= 0.3 is 0 Å². The van der Waals surface area contributed by atoms with E-state index in [9.17, 15) is 13.5 Å². The molecular weight excluding hydrogens is 254 g/mol. The fraction of sp³-hybridized carbons (Fsp3) is 0.727. The van der Waals surface area contributed by atoms with Gasteiger partial charge in [-0.2, -0.15) is 0 Å². The number of nitrogens with one attached hydrogen (secondary N) is 2. The van der Waals surface area contributed by atoms with E-state index >= 15 is 0 Å². The molecule has 1 aliphatic carbocycles. The van der Waals surface area contributed by atoms with E-state index in [0.29, 0.717) is 18.8 Å². The van der Waals surface area contributed by atoms with Crippen molar-refractivity contribution in [2.24, 2.45) is 5.92 Å². The average molecular weight is 273 g/mol. The maximum absolute atomic E-state index is 11.8. The molecule has 0 radical (unpaired) electrons. The van der Waals surface area contributed by atoms with E-state index < -0.39 is 15.6 Å². The molecule has 6 nitrogen and oxygen atoms in total. The van der Waals surface area contributed by atoms with Crippen LogP contribution in [0.4, 0.5) is 0 Å². The van der Waals surface area contributed by atoms with Crippen molar-refractivity contribution < 1.29 is 13.5 Å². The van der Waals surface area contributed by atoms with Crippen molar-refractivity contribution in [2.75, 3.05) is 6.54 Å². The minimum absolute atomic E-state index is 0.0234. The number of rotatable bonds is 4. The lowest BCUT2D eigenvalue weighted by Gasteiger charge is -2.34. The Morgan fingerprint density at radius 2 is 2.22 bits per heavy atom. The van der Waals surface area contributed by atoms with Gasteiger partial charge in [0.05, 0.1) is 18.1 Å².